The molecule has 1 saturated heterocycles. The number of sulfone groups is 1. The van der Waals surface area contributed by atoms with Gasteiger partial charge in [0, 0.05) is 19.1 Å². The number of benzene rings is 1. The van der Waals surface area contributed by atoms with Gasteiger partial charge in [-0.25, -0.2) is 8.42 Å². The summed E-state index contributed by atoms with van der Waals surface area (Å²) in [6, 6.07) is 9.58. The number of hydrogen-bond acceptors (Lipinski definition) is 4. The molecule has 1 aliphatic heterocycles. The fourth-order valence-corrected chi connectivity index (χ4v) is 5.02. The van der Waals surface area contributed by atoms with Crippen molar-refractivity contribution in [2.45, 2.75) is 45.3 Å². The molecule has 0 aromatic heterocycles. The highest BCUT2D eigenvalue weighted by Crippen LogP contribution is 2.23. The summed E-state index contributed by atoms with van der Waals surface area (Å²) in [4.78, 5) is 14.3. The van der Waals surface area contributed by atoms with E-state index in [1.165, 1.54) is 0 Å². The molecule has 3 unspecified atom stereocenters. The third kappa shape index (κ3) is 4.57. The Hall–Kier alpha value is -1.40. The van der Waals surface area contributed by atoms with Crippen LogP contribution in [0.5, 0.6) is 0 Å². The van der Waals surface area contributed by atoms with Gasteiger partial charge in [-0.1, -0.05) is 44.2 Å². The Bertz CT molecular complexity index is 658. The van der Waals surface area contributed by atoms with E-state index in [9.17, 15) is 13.2 Å². The number of nitrogens with one attached hydrogen (secondary N) is 1. The van der Waals surface area contributed by atoms with Crippen molar-refractivity contribution >= 4 is 15.7 Å². The third-order valence-corrected chi connectivity index (χ3v) is 6.48. The van der Waals surface area contributed by atoms with Crippen LogP contribution >= 0.6 is 0 Å². The number of hydrogen-bond donors (Lipinski definition) is 1. The number of amides is 1. The molecule has 1 aliphatic rings. The van der Waals surface area contributed by atoms with Crippen LogP contribution in [0.25, 0.3) is 0 Å². The van der Waals surface area contributed by atoms with E-state index in [0.29, 0.717) is 12.3 Å². The first kappa shape index (κ1) is 18.9. The first-order valence-electron chi connectivity index (χ1n) is 8.49. The largest absolute Gasteiger partial charge is 0.340 e. The average Bonchev–Trinajstić information content (AvgIpc) is 2.91. The minimum Gasteiger partial charge on any atom is -0.340 e. The number of rotatable bonds is 6. The summed E-state index contributed by atoms with van der Waals surface area (Å²) < 4.78 is 23.3. The zero-order valence-electron chi connectivity index (χ0n) is 14.9. The minimum atomic E-state index is -2.99. The van der Waals surface area contributed by atoms with Gasteiger partial charge in [-0.3, -0.25) is 10.1 Å². The van der Waals surface area contributed by atoms with Crippen molar-refractivity contribution in [2.75, 3.05) is 18.6 Å². The molecule has 1 amide bonds. The van der Waals surface area contributed by atoms with Gasteiger partial charge in [0.15, 0.2) is 9.84 Å². The van der Waals surface area contributed by atoms with Gasteiger partial charge >= 0.3 is 0 Å². The van der Waals surface area contributed by atoms with E-state index in [2.05, 4.69) is 31.3 Å². The van der Waals surface area contributed by atoms with Gasteiger partial charge in [-0.15, -0.1) is 0 Å². The smallest absolute Gasteiger partial charge is 0.239 e. The Labute approximate surface area is 145 Å². The highest BCUT2D eigenvalue weighted by atomic mass is 32.2. The van der Waals surface area contributed by atoms with Crippen LogP contribution < -0.4 is 5.32 Å². The summed E-state index contributed by atoms with van der Waals surface area (Å²) in [6.07, 6.45) is 0.531. The van der Waals surface area contributed by atoms with E-state index in [-0.39, 0.29) is 35.5 Å². The molecule has 1 heterocycles. The van der Waals surface area contributed by atoms with E-state index in [0.717, 1.165) is 5.56 Å². The lowest BCUT2D eigenvalue weighted by atomic mass is 9.95. The average molecular weight is 353 g/mol. The molecule has 1 N–H and O–H groups in total. The van der Waals surface area contributed by atoms with Gasteiger partial charge in [-0.05, 0) is 24.8 Å². The molecule has 5 nitrogen and oxygen atoms in total. The maximum atomic E-state index is 12.7. The van der Waals surface area contributed by atoms with Crippen molar-refractivity contribution in [3.63, 3.8) is 0 Å². The molecule has 0 aliphatic carbocycles. The molecule has 1 aromatic rings. The van der Waals surface area contributed by atoms with Crippen molar-refractivity contribution in [3.8, 4) is 0 Å². The second kappa shape index (κ2) is 7.66. The first-order chi connectivity index (χ1) is 11.2. The topological polar surface area (TPSA) is 66.5 Å². The third-order valence-electron chi connectivity index (χ3n) is 4.73. The molecule has 0 radical (unpaired) electrons. The van der Waals surface area contributed by atoms with Gasteiger partial charge < -0.3 is 4.90 Å². The summed E-state index contributed by atoms with van der Waals surface area (Å²) in [7, 11) is -1.29. The Morgan fingerprint density at radius 3 is 2.33 bits per heavy atom. The summed E-state index contributed by atoms with van der Waals surface area (Å²) in [5.41, 5.74) is 1.15. The summed E-state index contributed by atoms with van der Waals surface area (Å²) in [5.74, 6) is 0.530. The molecule has 0 bridgehead atoms. The second-order valence-corrected chi connectivity index (χ2v) is 9.26. The van der Waals surface area contributed by atoms with Crippen LogP contribution in [0.3, 0.4) is 0 Å². The van der Waals surface area contributed by atoms with Crippen molar-refractivity contribution in [3.05, 3.63) is 35.9 Å². The molecular weight excluding hydrogens is 324 g/mol. The monoisotopic (exact) mass is 352 g/mol. The lowest BCUT2D eigenvalue weighted by Gasteiger charge is -2.31. The standard InChI is InChI=1S/C18H28N2O3S/c1-13(2)17(15-8-6-5-7-9-15)19-14(3)18(21)20(4)16-10-11-24(22,23)12-16/h5-9,13-14,16-17,19H,10-12H2,1-4H3. The van der Waals surface area contributed by atoms with Crippen LogP contribution in [-0.4, -0.2) is 49.9 Å². The SMILES string of the molecule is CC(NC(c1ccccc1)C(C)C)C(=O)N(C)C1CCS(=O)(=O)C1. The van der Waals surface area contributed by atoms with Crippen molar-refractivity contribution in [1.29, 1.82) is 0 Å². The maximum absolute atomic E-state index is 12.7. The highest BCUT2D eigenvalue weighted by molar-refractivity contribution is 7.91. The lowest BCUT2D eigenvalue weighted by Crippen LogP contribution is -2.49. The molecule has 1 fully saturated rings. The number of likely N-dealkylation sites (N-methyl/N-ethyl adjacent to an activating group) is 1. The fraction of sp³-hybridized carbons (Fsp3) is 0.611. The normalized spacial score (nSPS) is 22.3. The predicted octanol–water partition coefficient (Wildman–Crippen LogP) is 2.01. The summed E-state index contributed by atoms with van der Waals surface area (Å²) >= 11 is 0. The van der Waals surface area contributed by atoms with E-state index in [1.807, 2.05) is 25.1 Å². The molecule has 0 saturated carbocycles. The molecular formula is C18H28N2O3S. The first-order valence-corrected chi connectivity index (χ1v) is 10.3. The van der Waals surface area contributed by atoms with Crippen molar-refractivity contribution in [2.24, 2.45) is 5.92 Å². The Morgan fingerprint density at radius 2 is 1.83 bits per heavy atom. The number of carbonyl (C=O) groups is 1. The van der Waals surface area contributed by atoms with Crippen LogP contribution in [0, 0.1) is 5.92 Å². The molecule has 2 rings (SSSR count). The summed E-state index contributed by atoms with van der Waals surface area (Å²) in [6.45, 7) is 6.09. The second-order valence-electron chi connectivity index (χ2n) is 7.03. The highest BCUT2D eigenvalue weighted by Gasteiger charge is 2.34. The van der Waals surface area contributed by atoms with Crippen LogP contribution in [0.15, 0.2) is 30.3 Å². The Kier molecular flexibility index (Phi) is 6.04. The zero-order chi connectivity index (χ0) is 17.9. The van der Waals surface area contributed by atoms with Crippen LogP contribution in [0.1, 0.15) is 38.8 Å². The Morgan fingerprint density at radius 1 is 1.21 bits per heavy atom. The van der Waals surface area contributed by atoms with Gasteiger partial charge in [-0.2, -0.15) is 0 Å². The minimum absolute atomic E-state index is 0.0568. The fourth-order valence-electron chi connectivity index (χ4n) is 3.24. The van der Waals surface area contributed by atoms with E-state index < -0.39 is 9.84 Å². The maximum Gasteiger partial charge on any atom is 0.239 e. The quantitative estimate of drug-likeness (QED) is 0.850. The molecule has 3 atom stereocenters. The molecule has 1 aromatic carbocycles. The van der Waals surface area contributed by atoms with Gasteiger partial charge in [0.2, 0.25) is 5.91 Å². The number of carbonyl (C=O) groups excluding carboxylic acids is 1. The molecule has 134 valence electrons. The molecule has 0 spiro atoms. The van der Waals surface area contributed by atoms with Crippen molar-refractivity contribution in [1.82, 2.24) is 10.2 Å². The zero-order valence-corrected chi connectivity index (χ0v) is 15.7. The van der Waals surface area contributed by atoms with Gasteiger partial charge in [0.05, 0.1) is 17.5 Å². The van der Waals surface area contributed by atoms with Crippen LogP contribution in [0.4, 0.5) is 0 Å². The molecule has 6 heteroatoms. The number of nitrogens with zero attached hydrogens (tertiary/aromatic N) is 1. The van der Waals surface area contributed by atoms with Crippen LogP contribution in [-0.2, 0) is 14.6 Å². The predicted molar refractivity (Wildman–Crippen MR) is 96.4 cm³/mol. The lowest BCUT2D eigenvalue weighted by molar-refractivity contribution is -0.133. The summed E-state index contributed by atoms with van der Waals surface area (Å²) in [5, 5.41) is 3.42. The van der Waals surface area contributed by atoms with Gasteiger partial charge in [0.1, 0.15) is 0 Å². The van der Waals surface area contributed by atoms with Crippen molar-refractivity contribution < 1.29 is 13.2 Å². The van der Waals surface area contributed by atoms with Gasteiger partial charge in [0.25, 0.3) is 0 Å². The van der Waals surface area contributed by atoms with E-state index >= 15 is 0 Å². The molecule has 24 heavy (non-hydrogen) atoms. The Balaban J connectivity index is 2.04. The van der Waals surface area contributed by atoms with Crippen LogP contribution in [0.2, 0.25) is 0 Å². The van der Waals surface area contributed by atoms with E-state index in [1.54, 1.807) is 11.9 Å². The van der Waals surface area contributed by atoms with E-state index in [4.69, 9.17) is 0 Å².